The van der Waals surface area contributed by atoms with Gasteiger partial charge >= 0.3 is 6.18 Å². The normalized spacial score (nSPS) is 12.0. The van der Waals surface area contributed by atoms with Crippen molar-refractivity contribution in [2.45, 2.75) is 20.0 Å². The molecule has 0 atom stereocenters. The molecule has 2 aromatic carbocycles. The van der Waals surface area contributed by atoms with E-state index in [4.69, 9.17) is 0 Å². The third kappa shape index (κ3) is 2.65. The highest BCUT2D eigenvalue weighted by molar-refractivity contribution is 5.86. The topological polar surface area (TPSA) is 46.5 Å². The fourth-order valence-corrected chi connectivity index (χ4v) is 3.03. The third-order valence-corrected chi connectivity index (χ3v) is 4.59. The van der Waals surface area contributed by atoms with Gasteiger partial charge in [0.05, 0.1) is 23.1 Å². The first-order chi connectivity index (χ1) is 12.3. The van der Waals surface area contributed by atoms with Crippen molar-refractivity contribution in [3.63, 3.8) is 0 Å². The Bertz CT molecular complexity index is 1090. The molecule has 132 valence electrons. The Kier molecular flexibility index (Phi) is 3.61. The van der Waals surface area contributed by atoms with Gasteiger partial charge in [-0.25, -0.2) is 4.68 Å². The number of nitrogens with zero attached hydrogens (tertiary/aromatic N) is 3. The van der Waals surface area contributed by atoms with Gasteiger partial charge in [0, 0.05) is 22.2 Å². The summed E-state index contributed by atoms with van der Waals surface area (Å²) < 4.78 is 39.9. The van der Waals surface area contributed by atoms with E-state index in [-0.39, 0.29) is 0 Å². The van der Waals surface area contributed by atoms with Crippen LogP contribution in [-0.2, 0) is 6.18 Å². The average Bonchev–Trinajstić information content (AvgIpc) is 3.20. The first-order valence-corrected chi connectivity index (χ1v) is 8.02. The summed E-state index contributed by atoms with van der Waals surface area (Å²) in [6, 6.07) is 10.9. The van der Waals surface area contributed by atoms with Crippen LogP contribution in [0.15, 0.2) is 48.7 Å². The molecule has 0 fully saturated rings. The number of alkyl halides is 3. The van der Waals surface area contributed by atoms with Crippen LogP contribution < -0.4 is 0 Å². The molecule has 0 saturated carbocycles. The fraction of sp³-hybridized carbons (Fsp3) is 0.158. The van der Waals surface area contributed by atoms with Crippen LogP contribution in [0.5, 0.6) is 0 Å². The molecule has 0 amide bonds. The molecule has 2 aromatic heterocycles. The number of aryl methyl sites for hydroxylation is 2. The second-order valence-electron chi connectivity index (χ2n) is 6.21. The van der Waals surface area contributed by atoms with Gasteiger partial charge in [-0.15, -0.1) is 5.10 Å². The standard InChI is InChI=1S/C19H15F3N4/c1-11-12(2)24-17-8-7-15(9-16(11)17)26-18(10-23-25-26)13-3-5-14(6-4-13)19(20,21)22/h3-10,24H,1-2H3. The lowest BCUT2D eigenvalue weighted by atomic mass is 10.1. The largest absolute Gasteiger partial charge is 0.416 e. The number of H-pyrrole nitrogens is 1. The van der Waals surface area contributed by atoms with Crippen LogP contribution in [0.4, 0.5) is 13.2 Å². The molecule has 0 saturated heterocycles. The molecule has 0 aliphatic carbocycles. The molecule has 4 nitrogen and oxygen atoms in total. The van der Waals surface area contributed by atoms with E-state index in [9.17, 15) is 13.2 Å². The van der Waals surface area contributed by atoms with Gasteiger partial charge in [0.1, 0.15) is 0 Å². The Morgan fingerprint density at radius 1 is 1.00 bits per heavy atom. The molecule has 7 heteroatoms. The highest BCUT2D eigenvalue weighted by Crippen LogP contribution is 2.31. The third-order valence-electron chi connectivity index (χ3n) is 4.59. The number of benzene rings is 2. The number of halogens is 3. The molecule has 0 spiro atoms. The summed E-state index contributed by atoms with van der Waals surface area (Å²) >= 11 is 0. The Hall–Kier alpha value is -3.09. The maximum Gasteiger partial charge on any atom is 0.416 e. The predicted octanol–water partition coefficient (Wildman–Crippen LogP) is 5.05. The van der Waals surface area contributed by atoms with E-state index in [0.717, 1.165) is 40.0 Å². The minimum absolute atomic E-state index is 0.616. The number of hydrogen-bond acceptors (Lipinski definition) is 2. The second-order valence-corrected chi connectivity index (χ2v) is 6.21. The highest BCUT2D eigenvalue weighted by atomic mass is 19.4. The molecular formula is C19H15F3N4. The zero-order valence-electron chi connectivity index (χ0n) is 14.1. The molecule has 0 bridgehead atoms. The lowest BCUT2D eigenvalue weighted by Crippen LogP contribution is -2.04. The van der Waals surface area contributed by atoms with Crippen molar-refractivity contribution in [3.8, 4) is 16.9 Å². The lowest BCUT2D eigenvalue weighted by Gasteiger charge is -2.09. The van der Waals surface area contributed by atoms with Crippen LogP contribution in [0.2, 0.25) is 0 Å². The number of aromatic amines is 1. The fourth-order valence-electron chi connectivity index (χ4n) is 3.03. The van der Waals surface area contributed by atoms with E-state index < -0.39 is 11.7 Å². The summed E-state index contributed by atoms with van der Waals surface area (Å²) in [6.07, 6.45) is -2.81. The van der Waals surface area contributed by atoms with Crippen molar-refractivity contribution in [2.24, 2.45) is 0 Å². The Balaban J connectivity index is 1.79. The monoisotopic (exact) mass is 356 g/mol. The summed E-state index contributed by atoms with van der Waals surface area (Å²) in [5.74, 6) is 0. The number of aromatic nitrogens is 4. The molecule has 0 radical (unpaired) electrons. The van der Waals surface area contributed by atoms with E-state index in [1.54, 1.807) is 10.9 Å². The molecule has 0 aliphatic rings. The average molecular weight is 356 g/mol. The molecular weight excluding hydrogens is 341 g/mol. The molecule has 1 N–H and O–H groups in total. The van der Waals surface area contributed by atoms with Crippen LogP contribution in [0.25, 0.3) is 27.8 Å². The van der Waals surface area contributed by atoms with E-state index in [1.165, 1.54) is 12.1 Å². The van der Waals surface area contributed by atoms with E-state index in [1.807, 2.05) is 32.0 Å². The van der Waals surface area contributed by atoms with Gasteiger partial charge in [0.25, 0.3) is 0 Å². The van der Waals surface area contributed by atoms with Crippen LogP contribution >= 0.6 is 0 Å². The Labute approximate surface area is 147 Å². The lowest BCUT2D eigenvalue weighted by molar-refractivity contribution is -0.137. The van der Waals surface area contributed by atoms with Crippen molar-refractivity contribution >= 4 is 10.9 Å². The van der Waals surface area contributed by atoms with Crippen molar-refractivity contribution < 1.29 is 13.2 Å². The van der Waals surface area contributed by atoms with E-state index in [0.29, 0.717) is 11.3 Å². The highest BCUT2D eigenvalue weighted by Gasteiger charge is 2.30. The first kappa shape index (κ1) is 16.4. The summed E-state index contributed by atoms with van der Waals surface area (Å²) in [4.78, 5) is 3.31. The van der Waals surface area contributed by atoms with Crippen LogP contribution in [-0.4, -0.2) is 20.0 Å². The molecule has 4 aromatic rings. The molecule has 2 heterocycles. The van der Waals surface area contributed by atoms with Crippen LogP contribution in [0.1, 0.15) is 16.8 Å². The quantitative estimate of drug-likeness (QED) is 0.546. The predicted molar refractivity (Wildman–Crippen MR) is 93.1 cm³/mol. The zero-order valence-corrected chi connectivity index (χ0v) is 14.1. The van der Waals surface area contributed by atoms with Crippen LogP contribution in [0, 0.1) is 13.8 Å². The minimum Gasteiger partial charge on any atom is -0.358 e. The van der Waals surface area contributed by atoms with Crippen molar-refractivity contribution in [1.82, 2.24) is 20.0 Å². The van der Waals surface area contributed by atoms with E-state index in [2.05, 4.69) is 15.3 Å². The summed E-state index contributed by atoms with van der Waals surface area (Å²) in [7, 11) is 0. The van der Waals surface area contributed by atoms with Gasteiger partial charge in [-0.1, -0.05) is 17.3 Å². The van der Waals surface area contributed by atoms with Gasteiger partial charge in [-0.2, -0.15) is 13.2 Å². The second kappa shape index (κ2) is 5.72. The van der Waals surface area contributed by atoms with Gasteiger partial charge < -0.3 is 4.98 Å². The SMILES string of the molecule is Cc1[nH]c2ccc(-n3nncc3-c3ccc(C(F)(F)F)cc3)cc2c1C. The Morgan fingerprint density at radius 3 is 2.42 bits per heavy atom. The maximum atomic E-state index is 12.8. The molecule has 4 rings (SSSR count). The van der Waals surface area contributed by atoms with Gasteiger partial charge in [-0.3, -0.25) is 0 Å². The number of fused-ring (bicyclic) bond motifs is 1. The van der Waals surface area contributed by atoms with Crippen molar-refractivity contribution in [1.29, 1.82) is 0 Å². The summed E-state index contributed by atoms with van der Waals surface area (Å²) in [6.45, 7) is 4.05. The van der Waals surface area contributed by atoms with Gasteiger partial charge in [0.2, 0.25) is 0 Å². The van der Waals surface area contributed by atoms with E-state index >= 15 is 0 Å². The number of hydrogen-bond donors (Lipinski definition) is 1. The van der Waals surface area contributed by atoms with Crippen LogP contribution in [0.3, 0.4) is 0 Å². The molecule has 26 heavy (non-hydrogen) atoms. The molecule has 0 aliphatic heterocycles. The molecule has 0 unspecified atom stereocenters. The van der Waals surface area contributed by atoms with Gasteiger partial charge in [0.15, 0.2) is 0 Å². The maximum absolute atomic E-state index is 12.8. The van der Waals surface area contributed by atoms with Gasteiger partial charge in [-0.05, 0) is 49.7 Å². The van der Waals surface area contributed by atoms with Crippen molar-refractivity contribution in [3.05, 3.63) is 65.5 Å². The summed E-state index contributed by atoms with van der Waals surface area (Å²) in [5, 5.41) is 9.13. The number of rotatable bonds is 2. The smallest absolute Gasteiger partial charge is 0.358 e. The summed E-state index contributed by atoms with van der Waals surface area (Å²) in [5.41, 5.74) is 4.64. The Morgan fingerprint density at radius 2 is 1.73 bits per heavy atom. The zero-order chi connectivity index (χ0) is 18.5. The van der Waals surface area contributed by atoms with Crippen molar-refractivity contribution in [2.75, 3.05) is 0 Å². The first-order valence-electron chi connectivity index (χ1n) is 8.02. The number of nitrogens with one attached hydrogen (secondary N) is 1. The minimum atomic E-state index is -4.36.